The van der Waals surface area contributed by atoms with Crippen molar-refractivity contribution in [2.24, 2.45) is 0 Å². The molecule has 0 saturated heterocycles. The zero-order valence-electron chi connectivity index (χ0n) is 10.4. The molecule has 0 aromatic heterocycles. The average Bonchev–Trinajstić information content (AvgIpc) is 2.30. The first-order chi connectivity index (χ1) is 8.11. The molecule has 4 nitrogen and oxygen atoms in total. The van der Waals surface area contributed by atoms with E-state index in [2.05, 4.69) is 10.6 Å². The number of benzene rings is 1. The first-order valence-corrected chi connectivity index (χ1v) is 5.91. The van der Waals surface area contributed by atoms with Crippen LogP contribution in [0, 0.1) is 6.92 Å². The largest absolute Gasteiger partial charge is 0.391 e. The van der Waals surface area contributed by atoms with Crippen LogP contribution in [0.4, 0.5) is 10.5 Å². The summed E-state index contributed by atoms with van der Waals surface area (Å²) in [5.74, 6) is 0. The summed E-state index contributed by atoms with van der Waals surface area (Å²) in [6.45, 7) is 4.27. The van der Waals surface area contributed by atoms with Crippen molar-refractivity contribution in [3.63, 3.8) is 0 Å². The molecule has 0 aliphatic heterocycles. The first kappa shape index (κ1) is 13.5. The highest BCUT2D eigenvalue weighted by molar-refractivity contribution is 5.89. The maximum Gasteiger partial charge on any atom is 0.319 e. The second kappa shape index (κ2) is 6.91. The lowest BCUT2D eigenvalue weighted by atomic mass is 10.2. The van der Waals surface area contributed by atoms with E-state index in [-0.39, 0.29) is 12.6 Å². The number of hydrogen-bond acceptors (Lipinski definition) is 2. The van der Waals surface area contributed by atoms with Crippen molar-refractivity contribution in [2.45, 2.75) is 32.8 Å². The van der Waals surface area contributed by atoms with E-state index in [0.29, 0.717) is 6.42 Å². The van der Waals surface area contributed by atoms with E-state index in [1.165, 1.54) is 0 Å². The van der Waals surface area contributed by atoms with Gasteiger partial charge in [0.25, 0.3) is 0 Å². The third-order valence-corrected chi connectivity index (χ3v) is 2.43. The Balaban J connectivity index is 2.32. The van der Waals surface area contributed by atoms with Gasteiger partial charge in [-0.25, -0.2) is 4.79 Å². The number of aliphatic hydroxyl groups is 1. The highest BCUT2D eigenvalue weighted by Gasteiger charge is 2.05. The molecule has 94 valence electrons. The van der Waals surface area contributed by atoms with E-state index < -0.39 is 6.10 Å². The molecule has 1 unspecified atom stereocenters. The van der Waals surface area contributed by atoms with Gasteiger partial charge in [0.05, 0.1) is 6.10 Å². The molecule has 0 heterocycles. The Kier molecular flexibility index (Phi) is 5.49. The molecular formula is C13H20N2O2. The molecule has 0 bridgehead atoms. The summed E-state index contributed by atoms with van der Waals surface area (Å²) in [6, 6.07) is 7.27. The predicted octanol–water partition coefficient (Wildman–Crippen LogP) is 2.28. The van der Waals surface area contributed by atoms with Crippen LogP contribution >= 0.6 is 0 Å². The smallest absolute Gasteiger partial charge is 0.319 e. The minimum Gasteiger partial charge on any atom is -0.391 e. The van der Waals surface area contributed by atoms with Crippen LogP contribution < -0.4 is 10.6 Å². The van der Waals surface area contributed by atoms with Crippen molar-refractivity contribution in [1.82, 2.24) is 5.32 Å². The van der Waals surface area contributed by atoms with E-state index in [0.717, 1.165) is 17.7 Å². The number of urea groups is 1. The van der Waals surface area contributed by atoms with Crippen molar-refractivity contribution in [2.75, 3.05) is 11.9 Å². The van der Waals surface area contributed by atoms with Crippen molar-refractivity contribution in [3.05, 3.63) is 29.8 Å². The molecule has 0 saturated carbocycles. The van der Waals surface area contributed by atoms with Crippen LogP contribution in [-0.4, -0.2) is 23.8 Å². The van der Waals surface area contributed by atoms with Crippen molar-refractivity contribution >= 4 is 11.7 Å². The Morgan fingerprint density at radius 3 is 2.59 bits per heavy atom. The minimum atomic E-state index is -0.469. The number of aryl methyl sites for hydroxylation is 1. The van der Waals surface area contributed by atoms with Gasteiger partial charge in [-0.2, -0.15) is 0 Å². The van der Waals surface area contributed by atoms with Gasteiger partial charge in [-0.3, -0.25) is 0 Å². The SMILES string of the molecule is CCCC(O)CNC(=O)Nc1ccc(C)cc1. The van der Waals surface area contributed by atoms with Gasteiger partial charge in [0, 0.05) is 12.2 Å². The molecule has 0 aliphatic carbocycles. The first-order valence-electron chi connectivity index (χ1n) is 5.91. The third-order valence-electron chi connectivity index (χ3n) is 2.43. The number of rotatable bonds is 5. The maximum atomic E-state index is 11.5. The molecule has 2 amide bonds. The lowest BCUT2D eigenvalue weighted by molar-refractivity contribution is 0.162. The summed E-state index contributed by atoms with van der Waals surface area (Å²) in [7, 11) is 0. The van der Waals surface area contributed by atoms with Crippen LogP contribution in [0.5, 0.6) is 0 Å². The Morgan fingerprint density at radius 2 is 2.00 bits per heavy atom. The lowest BCUT2D eigenvalue weighted by Gasteiger charge is -2.11. The Hall–Kier alpha value is -1.55. The fraction of sp³-hybridized carbons (Fsp3) is 0.462. The zero-order chi connectivity index (χ0) is 12.7. The van der Waals surface area contributed by atoms with E-state index in [9.17, 15) is 9.90 Å². The van der Waals surface area contributed by atoms with Gasteiger partial charge < -0.3 is 15.7 Å². The van der Waals surface area contributed by atoms with Crippen molar-refractivity contribution < 1.29 is 9.90 Å². The lowest BCUT2D eigenvalue weighted by Crippen LogP contribution is -2.35. The summed E-state index contributed by atoms with van der Waals surface area (Å²) in [6.07, 6.45) is 1.14. The Labute approximate surface area is 102 Å². The molecule has 0 fully saturated rings. The number of amides is 2. The Morgan fingerprint density at radius 1 is 1.35 bits per heavy atom. The van der Waals surface area contributed by atoms with Crippen LogP contribution in [0.2, 0.25) is 0 Å². The van der Waals surface area contributed by atoms with Gasteiger partial charge in [0.2, 0.25) is 0 Å². The van der Waals surface area contributed by atoms with Crippen LogP contribution in [-0.2, 0) is 0 Å². The third kappa shape index (κ3) is 5.36. The average molecular weight is 236 g/mol. The fourth-order valence-electron chi connectivity index (χ4n) is 1.46. The molecular weight excluding hydrogens is 216 g/mol. The Bertz CT molecular complexity index is 349. The quantitative estimate of drug-likeness (QED) is 0.734. The summed E-state index contributed by atoms with van der Waals surface area (Å²) in [5.41, 5.74) is 1.90. The fourth-order valence-corrected chi connectivity index (χ4v) is 1.46. The van der Waals surface area contributed by atoms with Crippen molar-refractivity contribution in [3.8, 4) is 0 Å². The molecule has 1 aromatic rings. The van der Waals surface area contributed by atoms with Crippen LogP contribution in [0.3, 0.4) is 0 Å². The van der Waals surface area contributed by atoms with E-state index in [4.69, 9.17) is 0 Å². The molecule has 1 rings (SSSR count). The van der Waals surface area contributed by atoms with Crippen LogP contribution in [0.15, 0.2) is 24.3 Å². The number of nitrogens with one attached hydrogen (secondary N) is 2. The van der Waals surface area contributed by atoms with Gasteiger partial charge in [-0.05, 0) is 25.5 Å². The van der Waals surface area contributed by atoms with Gasteiger partial charge in [-0.15, -0.1) is 0 Å². The topological polar surface area (TPSA) is 61.4 Å². The highest BCUT2D eigenvalue weighted by Crippen LogP contribution is 2.08. The number of anilines is 1. The molecule has 1 atom stereocenters. The highest BCUT2D eigenvalue weighted by atomic mass is 16.3. The predicted molar refractivity (Wildman–Crippen MR) is 69.1 cm³/mol. The molecule has 3 N–H and O–H groups in total. The van der Waals surface area contributed by atoms with Crippen LogP contribution in [0.1, 0.15) is 25.3 Å². The number of hydrogen-bond donors (Lipinski definition) is 3. The summed E-state index contributed by atoms with van der Waals surface area (Å²) >= 11 is 0. The van der Waals surface area contributed by atoms with Crippen LogP contribution in [0.25, 0.3) is 0 Å². The van der Waals surface area contributed by atoms with Gasteiger partial charge >= 0.3 is 6.03 Å². The number of aliphatic hydroxyl groups excluding tert-OH is 1. The second-order valence-corrected chi connectivity index (χ2v) is 4.14. The van der Waals surface area contributed by atoms with E-state index in [1.807, 2.05) is 38.1 Å². The van der Waals surface area contributed by atoms with Gasteiger partial charge in [0.1, 0.15) is 0 Å². The maximum absolute atomic E-state index is 11.5. The normalized spacial score (nSPS) is 11.9. The molecule has 0 radical (unpaired) electrons. The van der Waals surface area contributed by atoms with Crippen molar-refractivity contribution in [1.29, 1.82) is 0 Å². The molecule has 4 heteroatoms. The number of carbonyl (C=O) groups is 1. The standard InChI is InChI=1S/C13H20N2O2/c1-3-4-12(16)9-14-13(17)15-11-7-5-10(2)6-8-11/h5-8,12,16H,3-4,9H2,1-2H3,(H2,14,15,17). The molecule has 0 spiro atoms. The molecule has 1 aromatic carbocycles. The van der Waals surface area contributed by atoms with E-state index in [1.54, 1.807) is 0 Å². The second-order valence-electron chi connectivity index (χ2n) is 4.14. The monoisotopic (exact) mass is 236 g/mol. The zero-order valence-corrected chi connectivity index (χ0v) is 10.4. The van der Waals surface area contributed by atoms with E-state index >= 15 is 0 Å². The van der Waals surface area contributed by atoms with Gasteiger partial charge in [0.15, 0.2) is 0 Å². The minimum absolute atomic E-state index is 0.283. The van der Waals surface area contributed by atoms with Gasteiger partial charge in [-0.1, -0.05) is 31.0 Å². The summed E-state index contributed by atoms with van der Waals surface area (Å²) in [4.78, 5) is 11.5. The summed E-state index contributed by atoms with van der Waals surface area (Å²) in [5, 5.41) is 14.8. The summed E-state index contributed by atoms with van der Waals surface area (Å²) < 4.78 is 0. The molecule has 0 aliphatic rings. The number of carbonyl (C=O) groups excluding carboxylic acids is 1. The molecule has 17 heavy (non-hydrogen) atoms.